The molecule has 0 aliphatic heterocycles. The highest BCUT2D eigenvalue weighted by molar-refractivity contribution is 5.72. The second-order valence-corrected chi connectivity index (χ2v) is 7.11. The zero-order valence-electron chi connectivity index (χ0n) is 14.5. The Balaban J connectivity index is 1.69. The number of carbonyl (C=O) groups is 1. The van der Waals surface area contributed by atoms with E-state index >= 15 is 0 Å². The van der Waals surface area contributed by atoms with Gasteiger partial charge in [-0.3, -0.25) is 4.79 Å². The predicted octanol–water partition coefficient (Wildman–Crippen LogP) is 5.24. The summed E-state index contributed by atoms with van der Waals surface area (Å²) >= 11 is 0. The van der Waals surface area contributed by atoms with Crippen molar-refractivity contribution in [2.24, 2.45) is 17.8 Å². The summed E-state index contributed by atoms with van der Waals surface area (Å²) < 4.78 is 18.4. The Kier molecular flexibility index (Phi) is 7.49. The van der Waals surface area contributed by atoms with Gasteiger partial charge in [0.05, 0.1) is 5.92 Å². The Labute approximate surface area is 144 Å². The van der Waals surface area contributed by atoms with Crippen molar-refractivity contribution in [2.75, 3.05) is 0 Å². The van der Waals surface area contributed by atoms with E-state index in [1.165, 1.54) is 18.6 Å². The first-order chi connectivity index (χ1) is 11.6. The summed E-state index contributed by atoms with van der Waals surface area (Å²) in [5.41, 5.74) is 0. The number of nitriles is 1. The van der Waals surface area contributed by atoms with Crippen molar-refractivity contribution in [1.82, 2.24) is 0 Å². The molecule has 0 spiro atoms. The fourth-order valence-electron chi connectivity index (χ4n) is 3.80. The predicted molar refractivity (Wildman–Crippen MR) is 91.5 cm³/mol. The number of ether oxygens (including phenoxy) is 1. The Morgan fingerprint density at radius 1 is 1.17 bits per heavy atom. The average molecular weight is 333 g/mol. The molecule has 132 valence electrons. The quantitative estimate of drug-likeness (QED) is 0.393. The molecule has 0 heterocycles. The molecule has 0 aromatic heterocycles. The average Bonchev–Trinajstić information content (AvgIpc) is 2.63. The minimum Gasteiger partial charge on any atom is -0.462 e. The van der Waals surface area contributed by atoms with Crippen molar-refractivity contribution in [2.45, 2.75) is 70.8 Å². The Morgan fingerprint density at radius 3 is 2.42 bits per heavy atom. The van der Waals surface area contributed by atoms with E-state index in [9.17, 15) is 9.18 Å². The van der Waals surface area contributed by atoms with E-state index < -0.39 is 5.83 Å². The van der Waals surface area contributed by atoms with Crippen LogP contribution >= 0.6 is 0 Å². The van der Waals surface area contributed by atoms with Crippen molar-refractivity contribution in [3.05, 3.63) is 24.1 Å². The van der Waals surface area contributed by atoms with Crippen LogP contribution in [0.25, 0.3) is 0 Å². The molecule has 2 saturated carbocycles. The lowest BCUT2D eigenvalue weighted by molar-refractivity contribution is -0.157. The van der Waals surface area contributed by atoms with Crippen LogP contribution in [0.1, 0.15) is 64.7 Å². The third-order valence-corrected chi connectivity index (χ3v) is 5.49. The van der Waals surface area contributed by atoms with Gasteiger partial charge in [0.2, 0.25) is 0 Å². The summed E-state index contributed by atoms with van der Waals surface area (Å²) in [4.78, 5) is 12.3. The maximum Gasteiger partial charge on any atom is 0.309 e. The first-order valence-electron chi connectivity index (χ1n) is 9.27. The van der Waals surface area contributed by atoms with Gasteiger partial charge in [0.15, 0.2) is 5.83 Å². The standard InChI is InChI=1S/C20H28FNO2/c1-2-15-6-10-17(11-7-15)20(23)24-19-12-8-16(9-13-19)4-3-5-18(21)14-22/h3-5,15-17,19H,2,6-13H2,1H3/t15-,16-,17-,19-. The number of allylic oxidation sites excluding steroid dienone is 4. The SMILES string of the molecule is CC[C@H]1CC[C@H](C(=O)O[C@H]2CC[C@H](C=CC=C(F)C#N)CC2)CC1. The molecule has 4 heteroatoms. The van der Waals surface area contributed by atoms with E-state index in [0.29, 0.717) is 5.92 Å². The zero-order valence-corrected chi connectivity index (χ0v) is 14.5. The lowest BCUT2D eigenvalue weighted by atomic mass is 9.81. The van der Waals surface area contributed by atoms with Crippen LogP contribution in [0.3, 0.4) is 0 Å². The molecule has 0 bridgehead atoms. The lowest BCUT2D eigenvalue weighted by Gasteiger charge is -2.30. The van der Waals surface area contributed by atoms with Gasteiger partial charge in [-0.1, -0.05) is 25.5 Å². The smallest absolute Gasteiger partial charge is 0.309 e. The van der Waals surface area contributed by atoms with Crippen LogP contribution in [0.4, 0.5) is 4.39 Å². The molecule has 0 unspecified atom stereocenters. The number of rotatable bonds is 5. The lowest BCUT2D eigenvalue weighted by Crippen LogP contribution is -2.29. The molecule has 0 atom stereocenters. The summed E-state index contributed by atoms with van der Waals surface area (Å²) in [5, 5.41) is 8.35. The van der Waals surface area contributed by atoms with Gasteiger partial charge in [-0.05, 0) is 69.3 Å². The Bertz CT molecular complexity index is 504. The third-order valence-electron chi connectivity index (χ3n) is 5.49. The molecule has 0 aromatic carbocycles. The van der Waals surface area contributed by atoms with E-state index in [1.54, 1.807) is 6.08 Å². The van der Waals surface area contributed by atoms with E-state index in [4.69, 9.17) is 10.00 Å². The van der Waals surface area contributed by atoms with Gasteiger partial charge in [0.1, 0.15) is 12.2 Å². The number of nitrogens with zero attached hydrogens (tertiary/aromatic N) is 1. The van der Waals surface area contributed by atoms with Crippen molar-refractivity contribution in [3.8, 4) is 6.07 Å². The first-order valence-corrected chi connectivity index (χ1v) is 9.27. The molecule has 3 nitrogen and oxygen atoms in total. The van der Waals surface area contributed by atoms with Crippen molar-refractivity contribution < 1.29 is 13.9 Å². The second-order valence-electron chi connectivity index (χ2n) is 7.11. The fourth-order valence-corrected chi connectivity index (χ4v) is 3.80. The Morgan fingerprint density at radius 2 is 1.83 bits per heavy atom. The number of esters is 1. The monoisotopic (exact) mass is 333 g/mol. The van der Waals surface area contributed by atoms with Crippen molar-refractivity contribution in [3.63, 3.8) is 0 Å². The molecule has 0 saturated heterocycles. The molecular formula is C20H28FNO2. The molecule has 24 heavy (non-hydrogen) atoms. The molecule has 0 aromatic rings. The van der Waals surface area contributed by atoms with Crippen LogP contribution in [0.15, 0.2) is 24.1 Å². The van der Waals surface area contributed by atoms with Gasteiger partial charge in [-0.25, -0.2) is 0 Å². The minimum atomic E-state index is -0.772. The maximum absolute atomic E-state index is 12.7. The first kappa shape index (κ1) is 18.7. The van der Waals surface area contributed by atoms with Crippen molar-refractivity contribution >= 4 is 5.97 Å². The molecule has 0 radical (unpaired) electrons. The van der Waals surface area contributed by atoms with E-state index in [2.05, 4.69) is 6.92 Å². The summed E-state index contributed by atoms with van der Waals surface area (Å²) in [7, 11) is 0. The highest BCUT2D eigenvalue weighted by Gasteiger charge is 2.29. The van der Waals surface area contributed by atoms with Crippen LogP contribution in [0.2, 0.25) is 0 Å². The molecule has 2 fully saturated rings. The van der Waals surface area contributed by atoms with E-state index in [1.807, 2.05) is 6.08 Å². The Hall–Kier alpha value is -1.63. The highest BCUT2D eigenvalue weighted by Crippen LogP contribution is 2.33. The van der Waals surface area contributed by atoms with Crippen LogP contribution in [-0.4, -0.2) is 12.1 Å². The molecule has 0 N–H and O–H groups in total. The number of carbonyl (C=O) groups excluding carboxylic acids is 1. The van der Waals surface area contributed by atoms with Gasteiger partial charge < -0.3 is 4.74 Å². The van der Waals surface area contributed by atoms with E-state index in [0.717, 1.165) is 57.3 Å². The normalized spacial score (nSPS) is 31.6. The summed E-state index contributed by atoms with van der Waals surface area (Å²) in [6.45, 7) is 2.22. The summed E-state index contributed by atoms with van der Waals surface area (Å²) in [5.74, 6) is 0.498. The van der Waals surface area contributed by atoms with Crippen LogP contribution in [0.5, 0.6) is 0 Å². The summed E-state index contributed by atoms with van der Waals surface area (Å²) in [6, 6.07) is 1.45. The van der Waals surface area contributed by atoms with Crippen LogP contribution in [0, 0.1) is 29.1 Å². The number of hydrogen-bond donors (Lipinski definition) is 0. The maximum atomic E-state index is 12.7. The van der Waals surface area contributed by atoms with Crippen LogP contribution < -0.4 is 0 Å². The zero-order chi connectivity index (χ0) is 17.4. The van der Waals surface area contributed by atoms with Crippen molar-refractivity contribution in [1.29, 1.82) is 5.26 Å². The molecule has 2 aliphatic rings. The van der Waals surface area contributed by atoms with Gasteiger partial charge in [0.25, 0.3) is 0 Å². The highest BCUT2D eigenvalue weighted by atomic mass is 19.1. The second kappa shape index (κ2) is 9.61. The number of halogens is 1. The van der Waals surface area contributed by atoms with Gasteiger partial charge in [-0.15, -0.1) is 0 Å². The topological polar surface area (TPSA) is 50.1 Å². The molecule has 2 aliphatic carbocycles. The minimum absolute atomic E-state index is 0.00238. The van der Waals surface area contributed by atoms with Gasteiger partial charge in [0, 0.05) is 0 Å². The van der Waals surface area contributed by atoms with Gasteiger partial charge >= 0.3 is 5.97 Å². The molecule has 2 rings (SSSR count). The van der Waals surface area contributed by atoms with E-state index in [-0.39, 0.29) is 18.0 Å². The summed E-state index contributed by atoms with van der Waals surface area (Å²) in [6.07, 6.45) is 13.9. The molecular weight excluding hydrogens is 305 g/mol. The van der Waals surface area contributed by atoms with Crippen LogP contribution in [-0.2, 0) is 9.53 Å². The third kappa shape index (κ3) is 5.78. The number of hydrogen-bond acceptors (Lipinski definition) is 3. The largest absolute Gasteiger partial charge is 0.462 e. The van der Waals surface area contributed by atoms with Gasteiger partial charge in [-0.2, -0.15) is 9.65 Å². The fraction of sp³-hybridized carbons (Fsp3) is 0.700. The molecule has 0 amide bonds.